The molecule has 1 fully saturated rings. The van der Waals surface area contributed by atoms with E-state index in [2.05, 4.69) is 31.0 Å². The molecule has 3 nitrogen and oxygen atoms in total. The van der Waals surface area contributed by atoms with E-state index < -0.39 is 0 Å². The van der Waals surface area contributed by atoms with Crippen LogP contribution in [0.25, 0.3) is 0 Å². The number of rotatable bonds is 3. The summed E-state index contributed by atoms with van der Waals surface area (Å²) in [4.78, 5) is 14.2. The first-order valence-corrected chi connectivity index (χ1v) is 7.53. The Labute approximate surface area is 123 Å². The number of amides is 1. The summed E-state index contributed by atoms with van der Waals surface area (Å²) < 4.78 is 0. The third-order valence-electron chi connectivity index (χ3n) is 3.40. The highest BCUT2D eigenvalue weighted by molar-refractivity contribution is 5.79. The van der Waals surface area contributed by atoms with Gasteiger partial charge in [-0.2, -0.15) is 0 Å². The number of nitrogens with zero attached hydrogens (tertiary/aromatic N) is 1. The van der Waals surface area contributed by atoms with Crippen molar-refractivity contribution in [3.63, 3.8) is 0 Å². The summed E-state index contributed by atoms with van der Waals surface area (Å²) in [6.45, 7) is 12.5. The van der Waals surface area contributed by atoms with Crippen molar-refractivity contribution in [2.75, 3.05) is 13.1 Å². The van der Waals surface area contributed by atoms with Gasteiger partial charge in [0.2, 0.25) is 5.91 Å². The van der Waals surface area contributed by atoms with Gasteiger partial charge in [0.25, 0.3) is 0 Å². The van der Waals surface area contributed by atoms with Crippen LogP contribution in [-0.2, 0) is 11.2 Å². The Bertz CT molecular complexity index is 403. The Morgan fingerprint density at radius 3 is 2.25 bits per heavy atom. The number of benzene rings is 1. The maximum absolute atomic E-state index is 11.8. The zero-order chi connectivity index (χ0) is 15.2. The summed E-state index contributed by atoms with van der Waals surface area (Å²) >= 11 is 0. The van der Waals surface area contributed by atoms with Gasteiger partial charge in [0.05, 0.1) is 12.5 Å². The second-order valence-corrected chi connectivity index (χ2v) is 6.00. The highest BCUT2D eigenvalue weighted by Crippen LogP contribution is 2.20. The molecule has 2 rings (SSSR count). The van der Waals surface area contributed by atoms with Crippen molar-refractivity contribution in [1.29, 1.82) is 0 Å². The van der Waals surface area contributed by atoms with E-state index >= 15 is 0 Å². The van der Waals surface area contributed by atoms with Crippen molar-refractivity contribution in [3.8, 4) is 0 Å². The van der Waals surface area contributed by atoms with Gasteiger partial charge in [0.15, 0.2) is 0 Å². The SMILES string of the molecule is CC.CC(C)(C)N1CC(NC(=O)Cc2ccccc2)C1. The van der Waals surface area contributed by atoms with Crippen LogP contribution in [0.4, 0.5) is 0 Å². The van der Waals surface area contributed by atoms with Crippen LogP contribution in [0.15, 0.2) is 30.3 Å². The van der Waals surface area contributed by atoms with Crippen molar-refractivity contribution < 1.29 is 4.79 Å². The molecule has 3 heteroatoms. The molecule has 112 valence electrons. The zero-order valence-corrected chi connectivity index (χ0v) is 13.4. The van der Waals surface area contributed by atoms with Gasteiger partial charge in [0.1, 0.15) is 0 Å². The van der Waals surface area contributed by atoms with Gasteiger partial charge >= 0.3 is 0 Å². The van der Waals surface area contributed by atoms with Crippen LogP contribution in [-0.4, -0.2) is 35.5 Å². The number of carbonyl (C=O) groups excluding carboxylic acids is 1. The number of carbonyl (C=O) groups is 1. The van der Waals surface area contributed by atoms with Crippen molar-refractivity contribution in [2.45, 2.75) is 52.6 Å². The molecule has 1 aliphatic heterocycles. The van der Waals surface area contributed by atoms with Gasteiger partial charge in [-0.1, -0.05) is 44.2 Å². The van der Waals surface area contributed by atoms with E-state index in [0.29, 0.717) is 12.5 Å². The fraction of sp³-hybridized carbons (Fsp3) is 0.588. The number of hydrogen-bond acceptors (Lipinski definition) is 2. The molecule has 0 spiro atoms. The molecule has 1 aromatic rings. The smallest absolute Gasteiger partial charge is 0.224 e. The van der Waals surface area contributed by atoms with E-state index in [4.69, 9.17) is 0 Å². The van der Waals surface area contributed by atoms with E-state index in [1.54, 1.807) is 0 Å². The molecule has 20 heavy (non-hydrogen) atoms. The Morgan fingerprint density at radius 1 is 1.20 bits per heavy atom. The molecule has 1 amide bonds. The molecule has 0 unspecified atom stereocenters. The molecule has 1 aromatic carbocycles. The average molecular weight is 276 g/mol. The van der Waals surface area contributed by atoms with Gasteiger partial charge in [-0.05, 0) is 26.3 Å². The molecule has 0 bridgehead atoms. The first-order valence-electron chi connectivity index (χ1n) is 7.53. The first kappa shape index (κ1) is 16.7. The molecule has 1 heterocycles. The van der Waals surface area contributed by atoms with Gasteiger partial charge in [-0.3, -0.25) is 9.69 Å². The summed E-state index contributed by atoms with van der Waals surface area (Å²) in [5.74, 6) is 0.125. The molecule has 0 saturated carbocycles. The van der Waals surface area contributed by atoms with Crippen molar-refractivity contribution in [3.05, 3.63) is 35.9 Å². The van der Waals surface area contributed by atoms with E-state index in [1.165, 1.54) is 0 Å². The maximum atomic E-state index is 11.8. The van der Waals surface area contributed by atoms with Crippen LogP contribution < -0.4 is 5.32 Å². The minimum absolute atomic E-state index is 0.125. The van der Waals surface area contributed by atoms with Crippen molar-refractivity contribution in [1.82, 2.24) is 10.2 Å². The van der Waals surface area contributed by atoms with Gasteiger partial charge in [-0.25, -0.2) is 0 Å². The summed E-state index contributed by atoms with van der Waals surface area (Å²) in [6, 6.07) is 10.2. The predicted octanol–water partition coefficient (Wildman–Crippen LogP) is 2.85. The van der Waals surface area contributed by atoms with Crippen molar-refractivity contribution in [2.24, 2.45) is 0 Å². The zero-order valence-electron chi connectivity index (χ0n) is 13.4. The Morgan fingerprint density at radius 2 is 1.75 bits per heavy atom. The Hall–Kier alpha value is -1.35. The highest BCUT2D eigenvalue weighted by atomic mass is 16.1. The lowest BCUT2D eigenvalue weighted by Gasteiger charge is -2.47. The third-order valence-corrected chi connectivity index (χ3v) is 3.40. The molecule has 1 N–H and O–H groups in total. The average Bonchev–Trinajstić information content (AvgIpc) is 2.35. The lowest BCUT2D eigenvalue weighted by molar-refractivity contribution is -0.123. The monoisotopic (exact) mass is 276 g/mol. The Balaban J connectivity index is 0.000000956. The molecule has 0 aromatic heterocycles. The van der Waals surface area contributed by atoms with Crippen LogP contribution >= 0.6 is 0 Å². The third kappa shape index (κ3) is 4.97. The second-order valence-electron chi connectivity index (χ2n) is 6.00. The number of hydrogen-bond donors (Lipinski definition) is 1. The van der Waals surface area contributed by atoms with Crippen molar-refractivity contribution >= 4 is 5.91 Å². The van der Waals surface area contributed by atoms with E-state index in [9.17, 15) is 4.79 Å². The first-order chi connectivity index (χ1) is 9.45. The van der Waals surface area contributed by atoms with Crippen LogP contribution in [0.3, 0.4) is 0 Å². The normalized spacial score (nSPS) is 15.8. The van der Waals surface area contributed by atoms with Crippen LogP contribution in [0.5, 0.6) is 0 Å². The summed E-state index contributed by atoms with van der Waals surface area (Å²) in [5, 5.41) is 3.09. The minimum atomic E-state index is 0.125. The standard InChI is InChI=1S/C15H22N2O.C2H6/c1-15(2,3)17-10-13(11-17)16-14(18)9-12-7-5-4-6-8-12;1-2/h4-8,13H,9-11H2,1-3H3,(H,16,18);1-2H3. The molecular weight excluding hydrogens is 248 g/mol. The summed E-state index contributed by atoms with van der Waals surface area (Å²) in [6.07, 6.45) is 0.479. The lowest BCUT2D eigenvalue weighted by Crippen LogP contribution is -2.64. The Kier molecular flexibility index (Phi) is 6.21. The van der Waals surface area contributed by atoms with Crippen LogP contribution in [0, 0.1) is 0 Å². The van der Waals surface area contributed by atoms with Gasteiger partial charge in [0, 0.05) is 18.6 Å². The molecular formula is C17H28N2O. The summed E-state index contributed by atoms with van der Waals surface area (Å²) in [5.41, 5.74) is 1.28. The topological polar surface area (TPSA) is 32.3 Å². The largest absolute Gasteiger partial charge is 0.350 e. The minimum Gasteiger partial charge on any atom is -0.350 e. The molecule has 0 radical (unpaired) electrons. The quantitative estimate of drug-likeness (QED) is 0.920. The van der Waals surface area contributed by atoms with Gasteiger partial charge in [-0.15, -0.1) is 0 Å². The summed E-state index contributed by atoms with van der Waals surface area (Å²) in [7, 11) is 0. The lowest BCUT2D eigenvalue weighted by atomic mass is 9.97. The fourth-order valence-corrected chi connectivity index (χ4v) is 2.18. The van der Waals surface area contributed by atoms with Crippen LogP contribution in [0.1, 0.15) is 40.2 Å². The van der Waals surface area contributed by atoms with E-state index in [1.807, 2.05) is 44.2 Å². The molecule has 0 aliphatic carbocycles. The predicted molar refractivity (Wildman–Crippen MR) is 84.8 cm³/mol. The maximum Gasteiger partial charge on any atom is 0.224 e. The van der Waals surface area contributed by atoms with Crippen LogP contribution in [0.2, 0.25) is 0 Å². The van der Waals surface area contributed by atoms with E-state index in [0.717, 1.165) is 18.7 Å². The fourth-order valence-electron chi connectivity index (χ4n) is 2.18. The number of nitrogens with one attached hydrogen (secondary N) is 1. The second kappa shape index (κ2) is 7.44. The number of likely N-dealkylation sites (tertiary alicyclic amines) is 1. The van der Waals surface area contributed by atoms with Gasteiger partial charge < -0.3 is 5.32 Å². The highest BCUT2D eigenvalue weighted by Gasteiger charge is 2.34. The molecule has 0 atom stereocenters. The van der Waals surface area contributed by atoms with E-state index in [-0.39, 0.29) is 11.4 Å². The molecule has 1 aliphatic rings. The molecule has 1 saturated heterocycles.